The number of amides is 1. The van der Waals surface area contributed by atoms with Crippen LogP contribution in [0.2, 0.25) is 0 Å². The molecule has 2 rings (SSSR count). The summed E-state index contributed by atoms with van der Waals surface area (Å²) in [5.74, 6) is 0.0106. The maximum atomic E-state index is 11.7. The summed E-state index contributed by atoms with van der Waals surface area (Å²) < 4.78 is 1.66. The third-order valence-corrected chi connectivity index (χ3v) is 4.77. The van der Waals surface area contributed by atoms with Crippen molar-refractivity contribution in [3.63, 3.8) is 0 Å². The van der Waals surface area contributed by atoms with Crippen molar-refractivity contribution in [2.75, 3.05) is 11.5 Å². The molecule has 0 unspecified atom stereocenters. The zero-order valence-corrected chi connectivity index (χ0v) is 14.3. The van der Waals surface area contributed by atoms with Gasteiger partial charge in [0.05, 0.1) is 11.5 Å². The Bertz CT molecular complexity index is 656. The topological polar surface area (TPSA) is 93.3 Å². The number of halogens is 1. The van der Waals surface area contributed by atoms with E-state index >= 15 is 0 Å². The van der Waals surface area contributed by atoms with Gasteiger partial charge in [0.1, 0.15) is 0 Å². The molecule has 2 aromatic rings. The summed E-state index contributed by atoms with van der Waals surface area (Å²) >= 11 is 5.90. The van der Waals surface area contributed by atoms with Crippen molar-refractivity contribution in [1.82, 2.24) is 15.6 Å². The molecule has 21 heavy (non-hydrogen) atoms. The summed E-state index contributed by atoms with van der Waals surface area (Å²) in [6.45, 7) is 1.84. The first-order valence-corrected chi connectivity index (χ1v) is 8.45. The molecule has 1 amide bonds. The predicted octanol–water partition coefficient (Wildman–Crippen LogP) is 2.52. The zero-order chi connectivity index (χ0) is 15.2. The number of carbonyl (C=O) groups excluding carboxylic acids is 1. The third-order valence-electron chi connectivity index (χ3n) is 2.36. The van der Waals surface area contributed by atoms with Crippen molar-refractivity contribution < 1.29 is 4.79 Å². The average Bonchev–Trinajstić information content (AvgIpc) is 2.89. The molecule has 0 spiro atoms. The lowest BCUT2D eigenvalue weighted by atomic mass is 10.1. The van der Waals surface area contributed by atoms with Crippen LogP contribution in [-0.4, -0.2) is 27.6 Å². The Hall–Kier alpha value is -1.45. The highest BCUT2D eigenvalue weighted by atomic mass is 79.9. The van der Waals surface area contributed by atoms with Gasteiger partial charge in [-0.25, -0.2) is 5.43 Å². The number of carbonyl (C=O) groups is 1. The minimum absolute atomic E-state index is 0.203. The first-order valence-electron chi connectivity index (χ1n) is 5.85. The van der Waals surface area contributed by atoms with Crippen molar-refractivity contribution in [2.24, 2.45) is 5.10 Å². The largest absolute Gasteiger partial charge is 0.374 e. The van der Waals surface area contributed by atoms with Crippen LogP contribution >= 0.6 is 39.0 Å². The van der Waals surface area contributed by atoms with Gasteiger partial charge >= 0.3 is 0 Å². The van der Waals surface area contributed by atoms with Crippen LogP contribution < -0.4 is 11.2 Å². The van der Waals surface area contributed by atoms with E-state index in [9.17, 15) is 4.79 Å². The summed E-state index contributed by atoms with van der Waals surface area (Å²) in [4.78, 5) is 11.7. The van der Waals surface area contributed by atoms with E-state index in [1.54, 1.807) is 0 Å². The van der Waals surface area contributed by atoms with Crippen molar-refractivity contribution in [1.29, 1.82) is 0 Å². The maximum Gasteiger partial charge on any atom is 0.250 e. The molecule has 9 heteroatoms. The molecule has 6 nitrogen and oxygen atoms in total. The molecule has 1 aromatic carbocycles. The molecule has 0 radical (unpaired) electrons. The number of hydrogen-bond donors (Lipinski definition) is 2. The Kier molecular flexibility index (Phi) is 5.71. The average molecular weight is 386 g/mol. The summed E-state index contributed by atoms with van der Waals surface area (Å²) in [5.41, 5.74) is 9.66. The number of hydrazone groups is 1. The second kappa shape index (κ2) is 7.53. The smallest absolute Gasteiger partial charge is 0.250 e. The van der Waals surface area contributed by atoms with Crippen LogP contribution in [0.15, 0.2) is 38.2 Å². The van der Waals surface area contributed by atoms with Gasteiger partial charge in [-0.1, -0.05) is 51.2 Å². The van der Waals surface area contributed by atoms with Crippen LogP contribution in [-0.2, 0) is 4.79 Å². The molecule has 0 aliphatic carbocycles. The van der Waals surface area contributed by atoms with Gasteiger partial charge in [0.25, 0.3) is 5.91 Å². The van der Waals surface area contributed by atoms with Crippen molar-refractivity contribution in [2.45, 2.75) is 11.3 Å². The number of nitrogens with zero attached hydrogens (tertiary/aromatic N) is 3. The zero-order valence-electron chi connectivity index (χ0n) is 11.0. The van der Waals surface area contributed by atoms with Gasteiger partial charge in [-0.3, -0.25) is 4.79 Å². The Morgan fingerprint density at radius 2 is 2.14 bits per heavy atom. The van der Waals surface area contributed by atoms with Crippen LogP contribution in [0.5, 0.6) is 0 Å². The predicted molar refractivity (Wildman–Crippen MR) is 89.5 cm³/mol. The van der Waals surface area contributed by atoms with E-state index in [1.165, 1.54) is 23.1 Å². The highest BCUT2D eigenvalue weighted by Gasteiger charge is 2.06. The second-order valence-electron chi connectivity index (χ2n) is 3.93. The summed E-state index contributed by atoms with van der Waals surface area (Å²) in [5, 5.41) is 12.0. The molecule has 1 aromatic heterocycles. The van der Waals surface area contributed by atoms with Gasteiger partial charge in [0, 0.05) is 4.47 Å². The fraction of sp³-hybridized carbons (Fsp3) is 0.167. The fourth-order valence-electron chi connectivity index (χ4n) is 1.34. The maximum absolute atomic E-state index is 11.7. The van der Waals surface area contributed by atoms with Crippen LogP contribution in [0, 0.1) is 0 Å². The highest BCUT2D eigenvalue weighted by Crippen LogP contribution is 2.22. The van der Waals surface area contributed by atoms with Crippen molar-refractivity contribution in [3.8, 4) is 0 Å². The fourth-order valence-corrected chi connectivity index (χ4v) is 3.03. The number of hydrogen-bond acceptors (Lipinski definition) is 7. The van der Waals surface area contributed by atoms with Crippen LogP contribution in [0.4, 0.5) is 5.13 Å². The van der Waals surface area contributed by atoms with Crippen LogP contribution in [0.3, 0.4) is 0 Å². The number of nitrogens with one attached hydrogen (secondary N) is 1. The Morgan fingerprint density at radius 1 is 1.43 bits per heavy atom. The third kappa shape index (κ3) is 5.10. The van der Waals surface area contributed by atoms with E-state index in [1.807, 2.05) is 31.2 Å². The van der Waals surface area contributed by atoms with E-state index in [4.69, 9.17) is 5.73 Å². The summed E-state index contributed by atoms with van der Waals surface area (Å²) in [6, 6.07) is 7.69. The number of aromatic nitrogens is 2. The SMILES string of the molecule is C/C(=N/NC(=O)CSc1nnc(N)s1)c1ccc(Br)cc1. The minimum Gasteiger partial charge on any atom is -0.374 e. The van der Waals surface area contributed by atoms with Crippen LogP contribution in [0.1, 0.15) is 12.5 Å². The van der Waals surface area contributed by atoms with E-state index < -0.39 is 0 Å². The molecule has 0 fully saturated rings. The lowest BCUT2D eigenvalue weighted by Crippen LogP contribution is -2.21. The van der Waals surface area contributed by atoms with E-state index in [0.717, 1.165) is 15.7 Å². The summed E-state index contributed by atoms with van der Waals surface area (Å²) in [7, 11) is 0. The Balaban J connectivity index is 1.84. The van der Waals surface area contributed by atoms with Gasteiger partial charge in [-0.2, -0.15) is 5.10 Å². The molecule has 0 saturated heterocycles. The minimum atomic E-state index is -0.203. The molecule has 0 atom stereocenters. The van der Waals surface area contributed by atoms with Gasteiger partial charge in [0.2, 0.25) is 5.13 Å². The molecule has 1 heterocycles. The normalized spacial score (nSPS) is 11.4. The molecule has 0 aliphatic heterocycles. The molecule has 110 valence electrons. The van der Waals surface area contributed by atoms with Gasteiger partial charge in [-0.15, -0.1) is 10.2 Å². The van der Waals surface area contributed by atoms with E-state index in [0.29, 0.717) is 9.47 Å². The van der Waals surface area contributed by atoms with Crippen molar-refractivity contribution in [3.05, 3.63) is 34.3 Å². The van der Waals surface area contributed by atoms with Gasteiger partial charge < -0.3 is 5.73 Å². The van der Waals surface area contributed by atoms with Gasteiger partial charge in [0.15, 0.2) is 4.34 Å². The lowest BCUT2D eigenvalue weighted by molar-refractivity contribution is -0.118. The number of anilines is 1. The van der Waals surface area contributed by atoms with Gasteiger partial charge in [-0.05, 0) is 24.6 Å². The molecule has 0 saturated carbocycles. The molecular formula is C12H12BrN5OS2. The molecule has 0 aliphatic rings. The van der Waals surface area contributed by atoms with E-state index in [-0.39, 0.29) is 11.7 Å². The standard InChI is InChI=1S/C12H12BrN5OS2/c1-7(8-2-4-9(13)5-3-8)15-16-10(19)6-20-12-18-17-11(14)21-12/h2-5H,6H2,1H3,(H2,14,17)(H,16,19)/b15-7-. The Morgan fingerprint density at radius 3 is 2.76 bits per heavy atom. The van der Waals surface area contributed by atoms with Crippen LogP contribution in [0.25, 0.3) is 0 Å². The summed E-state index contributed by atoms with van der Waals surface area (Å²) in [6.07, 6.45) is 0. The number of thioether (sulfide) groups is 1. The monoisotopic (exact) mass is 385 g/mol. The number of nitrogen functional groups attached to an aromatic ring is 1. The highest BCUT2D eigenvalue weighted by molar-refractivity contribution is 9.10. The quantitative estimate of drug-likeness (QED) is 0.468. The molecule has 0 bridgehead atoms. The number of benzene rings is 1. The van der Waals surface area contributed by atoms with Crippen molar-refractivity contribution >= 4 is 55.8 Å². The Labute approximate surface area is 138 Å². The first kappa shape index (κ1) is 15.9. The molecule has 3 N–H and O–H groups in total. The number of rotatable bonds is 5. The number of nitrogens with two attached hydrogens (primary N) is 1. The second-order valence-corrected chi connectivity index (χ2v) is 7.08. The lowest BCUT2D eigenvalue weighted by Gasteiger charge is -2.02. The molecular weight excluding hydrogens is 374 g/mol. The van der Waals surface area contributed by atoms with E-state index in [2.05, 4.69) is 36.7 Å². The first-order chi connectivity index (χ1) is 10.0.